The molecule has 2 saturated heterocycles. The van der Waals surface area contributed by atoms with E-state index in [1.54, 1.807) is 12.1 Å². The molecule has 4 aliphatic rings. The lowest BCUT2D eigenvalue weighted by Gasteiger charge is -2.50. The van der Waals surface area contributed by atoms with Gasteiger partial charge in [-0.1, -0.05) is 17.7 Å². The van der Waals surface area contributed by atoms with E-state index in [4.69, 9.17) is 27.9 Å². The molecule has 42 heavy (non-hydrogen) atoms. The van der Waals surface area contributed by atoms with Crippen LogP contribution in [0.2, 0.25) is 0 Å². The number of anilines is 1. The number of imide groups is 2. The van der Waals surface area contributed by atoms with Crippen molar-refractivity contribution in [3.63, 3.8) is 0 Å². The van der Waals surface area contributed by atoms with Gasteiger partial charge in [0.2, 0.25) is 11.8 Å². The van der Waals surface area contributed by atoms with Crippen LogP contribution < -0.4 is 9.64 Å². The molecule has 6 unspecified atom stereocenters. The number of benzene rings is 2. The maximum absolute atomic E-state index is 14.1. The standard InChI is InChI=1S/C29H23Cl2IN2O8/c1-33-26(40)28(30)11-17-15(21(29(28,31)27(33)41)13-9-18(32)22(35)19(10-13)42-2)6-7-16-20(17)24(37)34(23(16)36)14-5-3-4-12(8-14)25(38)39/h3-6,8-10,16-17,20-21,35H,7,11H2,1-2H3,(H,38,39). The van der Waals surface area contributed by atoms with Crippen molar-refractivity contribution in [2.45, 2.75) is 28.5 Å². The molecule has 13 heteroatoms. The number of halogens is 3. The topological polar surface area (TPSA) is 142 Å². The van der Waals surface area contributed by atoms with Gasteiger partial charge in [0.1, 0.15) is 0 Å². The summed E-state index contributed by atoms with van der Waals surface area (Å²) in [6.07, 6.45) is 1.77. The molecule has 2 aromatic rings. The van der Waals surface area contributed by atoms with Crippen LogP contribution in [0.1, 0.15) is 34.7 Å². The molecule has 4 amide bonds. The highest BCUT2D eigenvalue weighted by atomic mass is 127. The molecule has 3 fully saturated rings. The first kappa shape index (κ1) is 28.9. The van der Waals surface area contributed by atoms with E-state index < -0.39 is 63.0 Å². The number of allylic oxidation sites excluding steroid dienone is 2. The van der Waals surface area contributed by atoms with Crippen molar-refractivity contribution in [2.24, 2.45) is 17.8 Å². The van der Waals surface area contributed by atoms with Crippen LogP contribution in [0.5, 0.6) is 11.5 Å². The molecule has 6 rings (SSSR count). The molecule has 10 nitrogen and oxygen atoms in total. The Morgan fingerprint density at radius 1 is 1.07 bits per heavy atom. The number of methoxy groups -OCH3 is 1. The molecule has 0 spiro atoms. The fourth-order valence-electron chi connectivity index (χ4n) is 7.07. The van der Waals surface area contributed by atoms with E-state index in [0.29, 0.717) is 14.7 Å². The number of amides is 4. The molecule has 0 radical (unpaired) electrons. The number of aromatic carboxylic acids is 1. The Labute approximate surface area is 263 Å². The van der Waals surface area contributed by atoms with Crippen molar-refractivity contribution < 1.29 is 38.9 Å². The molecule has 2 aromatic carbocycles. The predicted molar refractivity (Wildman–Crippen MR) is 159 cm³/mol. The van der Waals surface area contributed by atoms with Crippen molar-refractivity contribution in [3.05, 3.63) is 62.7 Å². The predicted octanol–water partition coefficient (Wildman–Crippen LogP) is 3.90. The number of rotatable bonds is 4. The summed E-state index contributed by atoms with van der Waals surface area (Å²) in [5.41, 5.74) is 1.08. The Morgan fingerprint density at radius 3 is 2.45 bits per heavy atom. The number of likely N-dealkylation sites (tertiary alicyclic amines) is 1. The third-order valence-electron chi connectivity index (χ3n) is 8.97. The highest BCUT2D eigenvalue weighted by Gasteiger charge is 2.76. The minimum Gasteiger partial charge on any atom is -0.504 e. The minimum absolute atomic E-state index is 0.0832. The van der Waals surface area contributed by atoms with Gasteiger partial charge in [0, 0.05) is 13.0 Å². The van der Waals surface area contributed by atoms with Crippen molar-refractivity contribution in [1.29, 1.82) is 0 Å². The zero-order valence-electron chi connectivity index (χ0n) is 22.1. The second-order valence-electron chi connectivity index (χ2n) is 10.9. The third-order valence-corrected chi connectivity index (χ3v) is 11.2. The summed E-state index contributed by atoms with van der Waals surface area (Å²) in [6.45, 7) is 0. The molecule has 218 valence electrons. The van der Waals surface area contributed by atoms with Crippen LogP contribution in [0.25, 0.3) is 0 Å². The van der Waals surface area contributed by atoms with Crippen molar-refractivity contribution >= 4 is 81.1 Å². The highest BCUT2D eigenvalue weighted by molar-refractivity contribution is 14.1. The van der Waals surface area contributed by atoms with Gasteiger partial charge in [-0.2, -0.15) is 0 Å². The Balaban J connectivity index is 1.52. The summed E-state index contributed by atoms with van der Waals surface area (Å²) in [5, 5.41) is 20.0. The first-order chi connectivity index (χ1) is 19.8. The van der Waals surface area contributed by atoms with Crippen molar-refractivity contribution in [3.8, 4) is 11.5 Å². The molecule has 6 atom stereocenters. The van der Waals surface area contributed by atoms with Crippen molar-refractivity contribution in [1.82, 2.24) is 4.90 Å². The maximum atomic E-state index is 14.1. The molecule has 2 aliphatic carbocycles. The number of phenolic OH excluding ortho intramolecular Hbond substituents is 1. The van der Waals surface area contributed by atoms with Crippen LogP contribution in [0.4, 0.5) is 5.69 Å². The highest BCUT2D eigenvalue weighted by Crippen LogP contribution is 2.65. The van der Waals surface area contributed by atoms with E-state index in [0.717, 1.165) is 9.80 Å². The second kappa shape index (κ2) is 9.68. The van der Waals surface area contributed by atoms with Gasteiger partial charge in [-0.15, -0.1) is 23.2 Å². The average Bonchev–Trinajstić information content (AvgIpc) is 3.29. The Hall–Kier alpha value is -3.16. The van der Waals surface area contributed by atoms with Crippen molar-refractivity contribution in [2.75, 3.05) is 19.1 Å². The Morgan fingerprint density at radius 2 is 1.79 bits per heavy atom. The first-order valence-electron chi connectivity index (χ1n) is 13.0. The van der Waals surface area contributed by atoms with E-state index >= 15 is 0 Å². The fourth-order valence-corrected chi connectivity index (χ4v) is 8.71. The zero-order chi connectivity index (χ0) is 30.5. The number of hydrogen-bond donors (Lipinski definition) is 2. The van der Waals surface area contributed by atoms with Crippen LogP contribution in [0, 0.1) is 21.3 Å². The monoisotopic (exact) mass is 724 g/mol. The summed E-state index contributed by atoms with van der Waals surface area (Å²) in [7, 11) is 2.68. The normalized spacial score (nSPS) is 32.0. The van der Waals surface area contributed by atoms with Crippen LogP contribution >= 0.6 is 45.8 Å². The number of carboxylic acid groups (broad SMARTS) is 1. The zero-order valence-corrected chi connectivity index (χ0v) is 25.8. The number of carbonyl (C=O) groups is 5. The lowest BCUT2D eigenvalue weighted by molar-refractivity contribution is -0.138. The quantitative estimate of drug-likeness (QED) is 0.210. The van der Waals surface area contributed by atoms with Gasteiger partial charge in [-0.25, -0.2) is 4.79 Å². The summed E-state index contributed by atoms with van der Waals surface area (Å²) in [4.78, 5) is 64.6. The number of carboxylic acids is 1. The molecule has 1 saturated carbocycles. The van der Waals surface area contributed by atoms with Gasteiger partial charge < -0.3 is 14.9 Å². The number of alkyl halides is 2. The van der Waals surface area contributed by atoms with E-state index in [1.165, 1.54) is 44.5 Å². The number of phenols is 1. The van der Waals surface area contributed by atoms with Gasteiger partial charge in [0.05, 0.1) is 33.8 Å². The average molecular weight is 725 g/mol. The number of nitrogens with zero attached hydrogens (tertiary/aromatic N) is 2. The minimum atomic E-state index is -1.97. The SMILES string of the molecule is COc1cc(C2C3=CCC4C(=O)N(c5cccc(C(=O)O)c5)C(=O)C4C3CC3(Cl)C(=O)N(C)C(=O)C23Cl)cc(I)c1O. The van der Waals surface area contributed by atoms with Crippen LogP contribution in [0.15, 0.2) is 48.0 Å². The van der Waals surface area contributed by atoms with E-state index in [2.05, 4.69) is 0 Å². The van der Waals surface area contributed by atoms with Gasteiger partial charge in [-0.3, -0.25) is 29.0 Å². The Kier molecular flexibility index (Phi) is 6.67. The molecule has 0 bridgehead atoms. The maximum Gasteiger partial charge on any atom is 0.335 e. The van der Waals surface area contributed by atoms with Gasteiger partial charge in [-0.05, 0) is 77.2 Å². The number of aromatic hydroxyl groups is 1. The smallest absolute Gasteiger partial charge is 0.335 e. The van der Waals surface area contributed by atoms with Gasteiger partial charge in [0.25, 0.3) is 11.8 Å². The second-order valence-corrected chi connectivity index (χ2v) is 13.3. The number of fused-ring (bicyclic) bond motifs is 4. The lowest BCUT2D eigenvalue weighted by atomic mass is 9.56. The molecule has 2 N–H and O–H groups in total. The molecular formula is C29H23Cl2IN2O8. The fraction of sp³-hybridized carbons (Fsp3) is 0.345. The lowest BCUT2D eigenvalue weighted by Crippen LogP contribution is -2.60. The Bertz CT molecular complexity index is 1660. The van der Waals surface area contributed by atoms with E-state index in [-0.39, 0.29) is 35.6 Å². The summed E-state index contributed by atoms with van der Waals surface area (Å²) < 4.78 is 5.77. The molecule has 2 aliphatic heterocycles. The van der Waals surface area contributed by atoms with Crippen LogP contribution in [0.3, 0.4) is 0 Å². The third kappa shape index (κ3) is 3.65. The van der Waals surface area contributed by atoms with Gasteiger partial charge in [0.15, 0.2) is 21.2 Å². The van der Waals surface area contributed by atoms with Gasteiger partial charge >= 0.3 is 5.97 Å². The van der Waals surface area contributed by atoms with E-state index in [9.17, 15) is 34.2 Å². The summed E-state index contributed by atoms with van der Waals surface area (Å²) in [6, 6.07) is 8.72. The van der Waals surface area contributed by atoms with Crippen LogP contribution in [-0.2, 0) is 19.2 Å². The molecule has 0 aromatic heterocycles. The number of carbonyl (C=O) groups excluding carboxylic acids is 4. The first-order valence-corrected chi connectivity index (χ1v) is 14.8. The van der Waals surface area contributed by atoms with E-state index in [1.807, 2.05) is 22.6 Å². The molecular weight excluding hydrogens is 702 g/mol. The summed E-state index contributed by atoms with van der Waals surface area (Å²) in [5.74, 6) is -7.12. The molecule has 2 heterocycles. The largest absolute Gasteiger partial charge is 0.504 e. The van der Waals surface area contributed by atoms with Crippen LogP contribution in [-0.4, -0.2) is 68.6 Å². The number of ether oxygens (including phenoxy) is 1. The number of hydrogen-bond acceptors (Lipinski definition) is 7. The summed E-state index contributed by atoms with van der Waals surface area (Å²) >= 11 is 16.3.